The lowest BCUT2D eigenvalue weighted by Gasteiger charge is -2.00. The van der Waals surface area contributed by atoms with Gasteiger partial charge in [0.2, 0.25) is 0 Å². The molecular weight excluding hydrogens is 194 g/mol. The second-order valence-corrected chi connectivity index (χ2v) is 3.64. The zero-order valence-corrected chi connectivity index (χ0v) is 9.04. The van der Waals surface area contributed by atoms with E-state index in [1.807, 2.05) is 36.6 Å². The van der Waals surface area contributed by atoms with E-state index in [1.165, 1.54) is 0 Å². The van der Waals surface area contributed by atoms with E-state index in [1.54, 1.807) is 0 Å². The van der Waals surface area contributed by atoms with Crippen molar-refractivity contribution < 1.29 is 0 Å². The van der Waals surface area contributed by atoms with Crippen LogP contribution < -0.4 is 0 Å². The molecule has 0 radical (unpaired) electrons. The molecule has 0 unspecified atom stereocenters. The lowest BCUT2D eigenvalue weighted by Crippen LogP contribution is -1.95. The molecule has 0 aliphatic carbocycles. The number of halogens is 1. The van der Waals surface area contributed by atoms with Crippen molar-refractivity contribution in [3.05, 3.63) is 47.5 Å². The minimum absolute atomic E-state index is 0.295. The van der Waals surface area contributed by atoms with Crippen LogP contribution >= 0.6 is 11.6 Å². The fourth-order valence-electron chi connectivity index (χ4n) is 1.06. The van der Waals surface area contributed by atoms with Crippen molar-refractivity contribution in [3.8, 4) is 0 Å². The number of nitrogens with zero attached hydrogens (tertiary/aromatic N) is 1. The van der Waals surface area contributed by atoms with Gasteiger partial charge in [0.1, 0.15) is 0 Å². The Morgan fingerprint density at radius 2 is 2.07 bits per heavy atom. The molecule has 0 fully saturated rings. The van der Waals surface area contributed by atoms with Crippen molar-refractivity contribution in [2.45, 2.75) is 19.4 Å². The molecule has 1 atom stereocenters. The highest BCUT2D eigenvalue weighted by molar-refractivity contribution is 6.30. The third-order valence-electron chi connectivity index (χ3n) is 1.86. The largest absolute Gasteiger partial charge is 0.289 e. The van der Waals surface area contributed by atoms with E-state index in [4.69, 9.17) is 11.6 Å². The standard InChI is InChI=1S/C12H14ClN/c1-3-4-10(2)14-9-11-5-7-12(13)8-6-11/h3,5-10H,1,4H2,2H3/t10-/m1/s1. The van der Waals surface area contributed by atoms with Gasteiger partial charge in [-0.3, -0.25) is 4.99 Å². The molecule has 0 saturated carbocycles. The van der Waals surface area contributed by atoms with Crippen LogP contribution in [0.3, 0.4) is 0 Å². The molecule has 1 aromatic rings. The van der Waals surface area contributed by atoms with Crippen molar-refractivity contribution in [2.24, 2.45) is 4.99 Å². The molecule has 0 aliphatic rings. The van der Waals surface area contributed by atoms with Crippen molar-refractivity contribution in [2.75, 3.05) is 0 Å². The second kappa shape index (κ2) is 5.61. The average molecular weight is 208 g/mol. The number of hydrogen-bond acceptors (Lipinski definition) is 1. The molecule has 0 saturated heterocycles. The first-order valence-corrected chi connectivity index (χ1v) is 5.00. The van der Waals surface area contributed by atoms with Gasteiger partial charge in [0.15, 0.2) is 0 Å². The Balaban J connectivity index is 2.59. The van der Waals surface area contributed by atoms with Gasteiger partial charge in [-0.25, -0.2) is 0 Å². The van der Waals surface area contributed by atoms with Gasteiger partial charge in [-0.1, -0.05) is 29.8 Å². The number of rotatable bonds is 4. The molecule has 1 rings (SSSR count). The van der Waals surface area contributed by atoms with E-state index < -0.39 is 0 Å². The van der Waals surface area contributed by atoms with Crippen molar-refractivity contribution in [1.29, 1.82) is 0 Å². The van der Waals surface area contributed by atoms with E-state index in [9.17, 15) is 0 Å². The van der Waals surface area contributed by atoms with Crippen LogP contribution in [-0.2, 0) is 0 Å². The topological polar surface area (TPSA) is 12.4 Å². The molecule has 0 spiro atoms. The van der Waals surface area contributed by atoms with E-state index in [-0.39, 0.29) is 0 Å². The SMILES string of the molecule is C=CC[C@@H](C)N=Cc1ccc(Cl)cc1. The maximum atomic E-state index is 5.77. The van der Waals surface area contributed by atoms with Crippen molar-refractivity contribution >= 4 is 17.8 Å². The van der Waals surface area contributed by atoms with E-state index in [2.05, 4.69) is 18.5 Å². The predicted octanol–water partition coefficient (Wildman–Crippen LogP) is 3.72. The molecule has 2 heteroatoms. The predicted molar refractivity (Wildman–Crippen MR) is 63.3 cm³/mol. The van der Waals surface area contributed by atoms with Crippen molar-refractivity contribution in [1.82, 2.24) is 0 Å². The summed E-state index contributed by atoms with van der Waals surface area (Å²) in [4.78, 5) is 4.37. The summed E-state index contributed by atoms with van der Waals surface area (Å²) in [7, 11) is 0. The minimum Gasteiger partial charge on any atom is -0.289 e. The summed E-state index contributed by atoms with van der Waals surface area (Å²) in [5.41, 5.74) is 1.07. The van der Waals surface area contributed by atoms with Crippen molar-refractivity contribution in [3.63, 3.8) is 0 Å². The van der Waals surface area contributed by atoms with Gasteiger partial charge in [0, 0.05) is 11.2 Å². The molecule has 0 aromatic heterocycles. The maximum absolute atomic E-state index is 5.77. The lowest BCUT2D eigenvalue weighted by molar-refractivity contribution is 0.764. The first-order valence-electron chi connectivity index (χ1n) is 4.62. The summed E-state index contributed by atoms with van der Waals surface area (Å²) in [5.74, 6) is 0. The number of aliphatic imine (C=N–C) groups is 1. The zero-order chi connectivity index (χ0) is 10.4. The second-order valence-electron chi connectivity index (χ2n) is 3.20. The average Bonchev–Trinajstić information content (AvgIpc) is 2.17. The van der Waals surface area contributed by atoms with E-state index in [0.29, 0.717) is 6.04 Å². The molecule has 0 N–H and O–H groups in total. The molecule has 0 amide bonds. The van der Waals surface area contributed by atoms with Gasteiger partial charge in [-0.05, 0) is 31.0 Å². The van der Waals surface area contributed by atoms with Crippen LogP contribution in [0.5, 0.6) is 0 Å². The molecule has 0 aliphatic heterocycles. The molecule has 0 bridgehead atoms. The van der Waals surface area contributed by atoms with Crippen LogP contribution in [0.25, 0.3) is 0 Å². The fourth-order valence-corrected chi connectivity index (χ4v) is 1.19. The Hall–Kier alpha value is -1.08. The Kier molecular flexibility index (Phi) is 4.41. The summed E-state index contributed by atoms with van der Waals surface area (Å²) in [6, 6.07) is 7.92. The first-order chi connectivity index (χ1) is 6.72. The summed E-state index contributed by atoms with van der Waals surface area (Å²) in [6.07, 6.45) is 4.65. The number of hydrogen-bond donors (Lipinski definition) is 0. The van der Waals surface area contributed by atoms with Crippen LogP contribution in [0.4, 0.5) is 0 Å². The quantitative estimate of drug-likeness (QED) is 0.527. The highest BCUT2D eigenvalue weighted by Crippen LogP contribution is 2.08. The molecular formula is C12H14ClN. The normalized spacial score (nSPS) is 13.0. The van der Waals surface area contributed by atoms with Gasteiger partial charge in [-0.2, -0.15) is 0 Å². The molecule has 1 aromatic carbocycles. The van der Waals surface area contributed by atoms with Crippen LogP contribution in [-0.4, -0.2) is 12.3 Å². The lowest BCUT2D eigenvalue weighted by atomic mass is 10.2. The van der Waals surface area contributed by atoms with Gasteiger partial charge in [0.25, 0.3) is 0 Å². The van der Waals surface area contributed by atoms with Gasteiger partial charge >= 0.3 is 0 Å². The summed E-state index contributed by atoms with van der Waals surface area (Å²) >= 11 is 5.77. The molecule has 1 nitrogen and oxygen atoms in total. The smallest absolute Gasteiger partial charge is 0.0505 e. The summed E-state index contributed by atoms with van der Waals surface area (Å²) < 4.78 is 0. The number of benzene rings is 1. The third-order valence-corrected chi connectivity index (χ3v) is 2.11. The monoisotopic (exact) mass is 207 g/mol. The van der Waals surface area contributed by atoms with Crippen LogP contribution in [0.15, 0.2) is 41.9 Å². The summed E-state index contributed by atoms with van der Waals surface area (Å²) in [5, 5.41) is 0.751. The Bertz CT molecular complexity index is 314. The van der Waals surface area contributed by atoms with Gasteiger partial charge < -0.3 is 0 Å². The fraction of sp³-hybridized carbons (Fsp3) is 0.250. The van der Waals surface area contributed by atoms with E-state index in [0.717, 1.165) is 17.0 Å². The third kappa shape index (κ3) is 3.75. The molecule has 14 heavy (non-hydrogen) atoms. The highest BCUT2D eigenvalue weighted by Gasteiger charge is 1.93. The highest BCUT2D eigenvalue weighted by atomic mass is 35.5. The Morgan fingerprint density at radius 1 is 1.43 bits per heavy atom. The van der Waals surface area contributed by atoms with Gasteiger partial charge in [-0.15, -0.1) is 6.58 Å². The zero-order valence-electron chi connectivity index (χ0n) is 8.28. The van der Waals surface area contributed by atoms with Crippen LogP contribution in [0.1, 0.15) is 18.9 Å². The Labute approximate surface area is 90.1 Å². The van der Waals surface area contributed by atoms with E-state index >= 15 is 0 Å². The van der Waals surface area contributed by atoms with Crippen LogP contribution in [0, 0.1) is 0 Å². The summed E-state index contributed by atoms with van der Waals surface area (Å²) in [6.45, 7) is 5.74. The molecule has 0 heterocycles. The minimum atomic E-state index is 0.295. The Morgan fingerprint density at radius 3 is 2.64 bits per heavy atom. The van der Waals surface area contributed by atoms with Gasteiger partial charge in [0.05, 0.1) is 6.04 Å². The first kappa shape index (κ1) is 11.0. The van der Waals surface area contributed by atoms with Crippen LogP contribution in [0.2, 0.25) is 5.02 Å². The maximum Gasteiger partial charge on any atom is 0.0505 e. The molecule has 74 valence electrons.